The van der Waals surface area contributed by atoms with E-state index in [-0.39, 0.29) is 12.8 Å². The van der Waals surface area contributed by atoms with Gasteiger partial charge in [-0.3, -0.25) is 9.59 Å². The van der Waals surface area contributed by atoms with Crippen molar-refractivity contribution in [3.05, 3.63) is 0 Å². The number of carbonyl (C=O) groups excluding carboxylic acids is 2. The standard InChI is InChI=1S/C6H9NO5S/c1-13(10,11)12-7-5(8)3-2-4-6(7)9/h2-4H2,1H3. The van der Waals surface area contributed by atoms with Crippen LogP contribution in [0.1, 0.15) is 19.3 Å². The quantitative estimate of drug-likeness (QED) is 0.566. The molecule has 6 nitrogen and oxygen atoms in total. The summed E-state index contributed by atoms with van der Waals surface area (Å²) in [5, 5.41) is 0.318. The Labute approximate surface area is 75.5 Å². The highest BCUT2D eigenvalue weighted by atomic mass is 32.2. The molecule has 0 radical (unpaired) electrons. The van der Waals surface area contributed by atoms with Crippen molar-refractivity contribution in [2.45, 2.75) is 19.3 Å². The van der Waals surface area contributed by atoms with Crippen molar-refractivity contribution in [1.82, 2.24) is 5.06 Å². The van der Waals surface area contributed by atoms with Gasteiger partial charge in [-0.1, -0.05) is 0 Å². The molecule has 7 heteroatoms. The summed E-state index contributed by atoms with van der Waals surface area (Å²) in [6.07, 6.45) is 1.51. The zero-order valence-electron chi connectivity index (χ0n) is 7.02. The van der Waals surface area contributed by atoms with E-state index in [9.17, 15) is 18.0 Å². The van der Waals surface area contributed by atoms with Gasteiger partial charge in [0.05, 0.1) is 6.26 Å². The third-order valence-electron chi connectivity index (χ3n) is 1.44. The number of carbonyl (C=O) groups is 2. The van der Waals surface area contributed by atoms with E-state index >= 15 is 0 Å². The molecule has 0 spiro atoms. The Bertz CT molecular complexity index is 317. The fourth-order valence-electron chi connectivity index (χ4n) is 0.952. The summed E-state index contributed by atoms with van der Waals surface area (Å²) < 4.78 is 25.5. The molecule has 1 aliphatic heterocycles. The van der Waals surface area contributed by atoms with Crippen molar-refractivity contribution in [2.75, 3.05) is 6.26 Å². The van der Waals surface area contributed by atoms with Crippen LogP contribution in [0.3, 0.4) is 0 Å². The summed E-state index contributed by atoms with van der Waals surface area (Å²) >= 11 is 0. The maximum atomic E-state index is 11.0. The van der Waals surface area contributed by atoms with Crippen molar-refractivity contribution in [2.24, 2.45) is 0 Å². The van der Waals surface area contributed by atoms with Gasteiger partial charge < -0.3 is 0 Å². The number of amides is 2. The lowest BCUT2D eigenvalue weighted by Gasteiger charge is -2.21. The fraction of sp³-hybridized carbons (Fsp3) is 0.667. The van der Waals surface area contributed by atoms with Gasteiger partial charge in [0.25, 0.3) is 21.9 Å². The van der Waals surface area contributed by atoms with E-state index in [0.717, 1.165) is 6.26 Å². The van der Waals surface area contributed by atoms with Gasteiger partial charge in [-0.2, -0.15) is 8.42 Å². The molecule has 0 bridgehead atoms. The smallest absolute Gasteiger partial charge is 0.272 e. The van der Waals surface area contributed by atoms with Crippen molar-refractivity contribution in [1.29, 1.82) is 0 Å². The zero-order valence-corrected chi connectivity index (χ0v) is 7.83. The monoisotopic (exact) mass is 207 g/mol. The Morgan fingerprint density at radius 1 is 1.23 bits per heavy atom. The SMILES string of the molecule is CS(=O)(=O)ON1C(=O)CCCC1=O. The molecule has 1 fully saturated rings. The molecule has 1 heterocycles. The van der Waals surface area contributed by atoms with E-state index in [4.69, 9.17) is 0 Å². The lowest BCUT2D eigenvalue weighted by atomic mass is 10.1. The number of piperidine rings is 1. The Hall–Kier alpha value is -0.950. The van der Waals surface area contributed by atoms with Crippen LogP contribution in [0.2, 0.25) is 0 Å². The van der Waals surface area contributed by atoms with Gasteiger partial charge in [-0.25, -0.2) is 0 Å². The van der Waals surface area contributed by atoms with Crippen LogP contribution in [0, 0.1) is 0 Å². The van der Waals surface area contributed by atoms with E-state index in [1.807, 2.05) is 0 Å². The lowest BCUT2D eigenvalue weighted by Crippen LogP contribution is -2.41. The maximum Gasteiger partial charge on any atom is 0.285 e. The molecule has 0 N–H and O–H groups in total. The van der Waals surface area contributed by atoms with Gasteiger partial charge in [-0.05, 0) is 6.42 Å². The van der Waals surface area contributed by atoms with Crippen LogP contribution in [-0.2, 0) is 24.0 Å². The Morgan fingerprint density at radius 2 is 1.69 bits per heavy atom. The molecule has 0 atom stereocenters. The Morgan fingerprint density at radius 3 is 2.08 bits per heavy atom. The second-order valence-corrected chi connectivity index (χ2v) is 4.27. The first-order valence-electron chi connectivity index (χ1n) is 3.65. The minimum atomic E-state index is -3.81. The third-order valence-corrected chi connectivity index (χ3v) is 1.86. The normalized spacial score (nSPS) is 19.3. The summed E-state index contributed by atoms with van der Waals surface area (Å²) in [5.74, 6) is -1.22. The zero-order chi connectivity index (χ0) is 10.1. The lowest BCUT2D eigenvalue weighted by molar-refractivity contribution is -0.174. The second-order valence-electron chi connectivity index (χ2n) is 2.71. The molecule has 74 valence electrons. The van der Waals surface area contributed by atoms with E-state index in [2.05, 4.69) is 4.28 Å². The average Bonchev–Trinajstić information content (AvgIpc) is 1.95. The van der Waals surface area contributed by atoms with Crippen LogP contribution < -0.4 is 0 Å². The minimum Gasteiger partial charge on any atom is -0.272 e. The fourth-order valence-corrected chi connectivity index (χ4v) is 1.39. The first-order chi connectivity index (χ1) is 5.90. The summed E-state index contributed by atoms with van der Waals surface area (Å²) in [5.41, 5.74) is 0. The first kappa shape index (κ1) is 10.1. The van der Waals surface area contributed by atoms with Crippen LogP contribution in [0.15, 0.2) is 0 Å². The van der Waals surface area contributed by atoms with Crippen LogP contribution in [0.25, 0.3) is 0 Å². The molecule has 0 aromatic carbocycles. The van der Waals surface area contributed by atoms with Crippen molar-refractivity contribution < 1.29 is 22.3 Å². The molecule has 0 saturated carbocycles. The summed E-state index contributed by atoms with van der Waals surface area (Å²) in [4.78, 5) is 22.0. The largest absolute Gasteiger partial charge is 0.285 e. The van der Waals surface area contributed by atoms with E-state index in [1.54, 1.807) is 0 Å². The van der Waals surface area contributed by atoms with Crippen molar-refractivity contribution in [3.63, 3.8) is 0 Å². The number of rotatable bonds is 2. The highest BCUT2D eigenvalue weighted by Gasteiger charge is 2.29. The third kappa shape index (κ3) is 2.78. The molecule has 1 aliphatic rings. The van der Waals surface area contributed by atoms with Gasteiger partial charge in [0.2, 0.25) is 0 Å². The van der Waals surface area contributed by atoms with Crippen molar-refractivity contribution in [3.8, 4) is 0 Å². The summed E-state index contributed by atoms with van der Waals surface area (Å²) in [7, 11) is -3.81. The van der Waals surface area contributed by atoms with Crippen LogP contribution in [0.5, 0.6) is 0 Å². The van der Waals surface area contributed by atoms with E-state index in [0.29, 0.717) is 11.5 Å². The van der Waals surface area contributed by atoms with Gasteiger partial charge >= 0.3 is 0 Å². The topological polar surface area (TPSA) is 80.8 Å². The maximum absolute atomic E-state index is 11.0. The number of hydrogen-bond donors (Lipinski definition) is 0. The van der Waals surface area contributed by atoms with Crippen LogP contribution in [-0.4, -0.2) is 31.6 Å². The average molecular weight is 207 g/mol. The van der Waals surface area contributed by atoms with Crippen LogP contribution >= 0.6 is 0 Å². The van der Waals surface area contributed by atoms with Gasteiger partial charge in [0.15, 0.2) is 0 Å². The molecule has 0 aromatic rings. The van der Waals surface area contributed by atoms with Crippen molar-refractivity contribution >= 4 is 21.9 Å². The molecule has 1 rings (SSSR count). The number of imide groups is 1. The van der Waals surface area contributed by atoms with Gasteiger partial charge in [0, 0.05) is 12.8 Å². The molecule has 13 heavy (non-hydrogen) atoms. The van der Waals surface area contributed by atoms with Gasteiger partial charge in [0.1, 0.15) is 0 Å². The summed E-state index contributed by atoms with van der Waals surface area (Å²) in [6.45, 7) is 0. The number of hydroxylamine groups is 2. The minimum absolute atomic E-state index is 0.140. The Kier molecular flexibility index (Phi) is 2.67. The predicted molar refractivity (Wildman–Crippen MR) is 41.6 cm³/mol. The number of nitrogens with zero attached hydrogens (tertiary/aromatic N) is 1. The van der Waals surface area contributed by atoms with E-state index in [1.165, 1.54) is 0 Å². The summed E-state index contributed by atoms with van der Waals surface area (Å²) in [6, 6.07) is 0. The molecule has 0 aliphatic carbocycles. The first-order valence-corrected chi connectivity index (χ1v) is 5.47. The molecular weight excluding hydrogens is 198 g/mol. The van der Waals surface area contributed by atoms with Crippen LogP contribution in [0.4, 0.5) is 0 Å². The molecule has 0 unspecified atom stereocenters. The predicted octanol–water partition coefficient (Wildman–Crippen LogP) is -0.583. The number of hydrogen-bond acceptors (Lipinski definition) is 5. The molecule has 2 amide bonds. The molecule has 0 aromatic heterocycles. The highest BCUT2D eigenvalue weighted by molar-refractivity contribution is 7.85. The molecule has 1 saturated heterocycles. The van der Waals surface area contributed by atoms with Gasteiger partial charge in [-0.15, -0.1) is 9.35 Å². The molecular formula is C6H9NO5S. The van der Waals surface area contributed by atoms with E-state index < -0.39 is 21.9 Å². The Balaban J connectivity index is 2.76. The second kappa shape index (κ2) is 3.43. The highest BCUT2D eigenvalue weighted by Crippen LogP contribution is 2.13.